The van der Waals surface area contributed by atoms with Crippen LogP contribution in [-0.2, 0) is 14.4 Å². The van der Waals surface area contributed by atoms with Gasteiger partial charge in [0.1, 0.15) is 0 Å². The highest BCUT2D eigenvalue weighted by molar-refractivity contribution is 6.75. The maximum Gasteiger partial charge on any atom is 0.254 e. The smallest absolute Gasteiger partial charge is 0.254 e. The van der Waals surface area contributed by atoms with Crippen LogP contribution < -0.4 is 0 Å². The Bertz CT molecular complexity index is 201. The zero-order chi connectivity index (χ0) is 13.0. The topological polar surface area (TPSA) is 51.2 Å². The van der Waals surface area contributed by atoms with Gasteiger partial charge in [-0.2, -0.15) is 0 Å². The maximum atomic E-state index is 9.65. The molecule has 0 aromatic heterocycles. The first-order valence-electron chi connectivity index (χ1n) is 3.03. The fourth-order valence-corrected chi connectivity index (χ4v) is 0. The van der Waals surface area contributed by atoms with Gasteiger partial charge in [0.05, 0.1) is 5.88 Å². The Morgan fingerprint density at radius 1 is 1.07 bits per heavy atom. The van der Waals surface area contributed by atoms with E-state index < -0.39 is 15.3 Å². The second-order valence-corrected chi connectivity index (χ2v) is 4.25. The Hall–Kier alpha value is 0.750. The lowest BCUT2D eigenvalue weighted by Crippen LogP contribution is -1.95. The lowest BCUT2D eigenvalue weighted by molar-refractivity contribution is -0.110. The predicted molar refractivity (Wildman–Crippen MR) is 64.5 cm³/mol. The van der Waals surface area contributed by atoms with Crippen LogP contribution in [-0.4, -0.2) is 26.4 Å². The van der Waals surface area contributed by atoms with E-state index in [0.717, 1.165) is 0 Å². The molecule has 3 nitrogen and oxygen atoms in total. The summed E-state index contributed by atoms with van der Waals surface area (Å²) in [6, 6.07) is 0. The molecule has 0 aliphatic rings. The van der Waals surface area contributed by atoms with Crippen molar-refractivity contribution >= 4 is 85.3 Å². The molecule has 0 aromatic rings. The van der Waals surface area contributed by atoms with Crippen molar-refractivity contribution in [2.45, 2.75) is 11.8 Å². The van der Waals surface area contributed by atoms with Crippen molar-refractivity contribution < 1.29 is 14.4 Å². The molecule has 0 heterocycles. The summed E-state index contributed by atoms with van der Waals surface area (Å²) < 4.78 is 0. The van der Waals surface area contributed by atoms with Crippen LogP contribution in [0.15, 0.2) is 0 Å². The molecule has 0 saturated heterocycles. The van der Waals surface area contributed by atoms with E-state index in [2.05, 4.69) is 11.6 Å². The molecule has 0 N–H and O–H groups in total. The standard InChI is InChI=1S/C2HCl3O.C2H2Cl2O.C2H3ClO/c3-1(4)2(5)6;3-1-2(4)5;1-2(3)4/h1H;1H2;1H3. The summed E-state index contributed by atoms with van der Waals surface area (Å²) in [5.74, 6) is -0.0957. The summed E-state index contributed by atoms with van der Waals surface area (Å²) in [4.78, 5) is 27.2. The van der Waals surface area contributed by atoms with E-state index in [-0.39, 0.29) is 11.1 Å². The molecule has 9 heteroatoms. The van der Waals surface area contributed by atoms with Gasteiger partial charge in [0.15, 0.2) is 4.84 Å². The summed E-state index contributed by atoms with van der Waals surface area (Å²) in [5.41, 5.74) is 0. The second kappa shape index (κ2) is 14.8. The first-order valence-corrected chi connectivity index (χ1v) is 5.57. The molecular formula is C6H6Cl6O3. The minimum absolute atomic E-state index is 0.0957. The van der Waals surface area contributed by atoms with E-state index >= 15 is 0 Å². The van der Waals surface area contributed by atoms with Crippen LogP contribution in [0, 0.1) is 0 Å². The second-order valence-electron chi connectivity index (χ2n) is 1.56. The number of rotatable bonds is 2. The van der Waals surface area contributed by atoms with Crippen LogP contribution in [0.3, 0.4) is 0 Å². The lowest BCUT2D eigenvalue weighted by atomic mass is 10.9. The van der Waals surface area contributed by atoms with E-state index in [1.54, 1.807) is 0 Å². The minimum atomic E-state index is -1.08. The molecule has 0 spiro atoms. The van der Waals surface area contributed by atoms with Gasteiger partial charge >= 0.3 is 0 Å². The Morgan fingerprint density at radius 2 is 1.20 bits per heavy atom. The molecule has 0 rings (SSSR count). The number of alkyl halides is 3. The molecule has 0 amide bonds. The molecule has 0 unspecified atom stereocenters. The van der Waals surface area contributed by atoms with Crippen LogP contribution in [0.2, 0.25) is 0 Å². The highest BCUT2D eigenvalue weighted by Crippen LogP contribution is 2.03. The SMILES string of the molecule is CC(=O)Cl.O=C(Cl)C(Cl)Cl.O=C(Cl)CCl. The third-order valence-electron chi connectivity index (χ3n) is 0.277. The molecule has 0 radical (unpaired) electrons. The van der Waals surface area contributed by atoms with Crippen LogP contribution >= 0.6 is 69.6 Å². The highest BCUT2D eigenvalue weighted by Gasteiger charge is 2.04. The molecule has 0 aliphatic heterocycles. The number of halogens is 6. The Morgan fingerprint density at radius 3 is 1.20 bits per heavy atom. The molecule has 0 atom stereocenters. The summed E-state index contributed by atoms with van der Waals surface area (Å²) in [7, 11) is 0. The summed E-state index contributed by atoms with van der Waals surface area (Å²) in [5, 5.41) is -1.61. The van der Waals surface area contributed by atoms with Crippen molar-refractivity contribution in [2.24, 2.45) is 0 Å². The van der Waals surface area contributed by atoms with Gasteiger partial charge in [-0.3, -0.25) is 14.4 Å². The van der Waals surface area contributed by atoms with Gasteiger partial charge in [-0.15, -0.1) is 11.6 Å². The fourth-order valence-electron chi connectivity index (χ4n) is 0. The van der Waals surface area contributed by atoms with E-state index in [1.165, 1.54) is 6.92 Å². The van der Waals surface area contributed by atoms with Gasteiger partial charge in [-0.25, -0.2) is 0 Å². The van der Waals surface area contributed by atoms with Crippen LogP contribution in [0.4, 0.5) is 0 Å². The van der Waals surface area contributed by atoms with E-state index in [1.807, 2.05) is 0 Å². The van der Waals surface area contributed by atoms with Crippen molar-refractivity contribution in [3.63, 3.8) is 0 Å². The van der Waals surface area contributed by atoms with E-state index in [4.69, 9.17) is 58.0 Å². The van der Waals surface area contributed by atoms with Gasteiger partial charge < -0.3 is 0 Å². The van der Waals surface area contributed by atoms with Crippen molar-refractivity contribution in [1.29, 1.82) is 0 Å². The van der Waals surface area contributed by atoms with Crippen LogP contribution in [0.25, 0.3) is 0 Å². The molecule has 0 fully saturated rings. The molecule has 0 saturated carbocycles. The highest BCUT2D eigenvalue weighted by atomic mass is 35.5. The number of hydrogen-bond acceptors (Lipinski definition) is 3. The minimum Gasteiger partial charge on any atom is -0.282 e. The fraction of sp³-hybridized carbons (Fsp3) is 0.500. The Kier molecular flexibility index (Phi) is 20.7. The van der Waals surface area contributed by atoms with Gasteiger partial charge in [-0.1, -0.05) is 23.2 Å². The predicted octanol–water partition coefficient (Wildman–Crippen LogP) is 3.32. The van der Waals surface area contributed by atoms with Crippen molar-refractivity contribution in [1.82, 2.24) is 0 Å². The third-order valence-corrected chi connectivity index (χ3v) is 1.63. The number of hydrogen-bond donors (Lipinski definition) is 0. The zero-order valence-electron chi connectivity index (χ0n) is 7.28. The Labute approximate surface area is 117 Å². The number of carbonyl (C=O) groups excluding carboxylic acids is 3. The number of carbonyl (C=O) groups is 3. The summed E-state index contributed by atoms with van der Waals surface area (Å²) >= 11 is 28.7. The molecular weight excluding hydrogens is 333 g/mol. The lowest BCUT2D eigenvalue weighted by Gasteiger charge is -1.82. The summed E-state index contributed by atoms with van der Waals surface area (Å²) in [6.07, 6.45) is 0. The van der Waals surface area contributed by atoms with Crippen molar-refractivity contribution in [3.8, 4) is 0 Å². The third kappa shape index (κ3) is 52.6. The monoisotopic (exact) mass is 336 g/mol. The largest absolute Gasteiger partial charge is 0.282 e. The van der Waals surface area contributed by atoms with E-state index in [0.29, 0.717) is 0 Å². The van der Waals surface area contributed by atoms with Crippen molar-refractivity contribution in [2.75, 3.05) is 5.88 Å². The van der Waals surface area contributed by atoms with Crippen LogP contribution in [0.1, 0.15) is 6.92 Å². The quantitative estimate of drug-likeness (QED) is 0.573. The molecule has 0 bridgehead atoms. The Balaban J connectivity index is -0.000000147. The molecule has 0 aliphatic carbocycles. The zero-order valence-corrected chi connectivity index (χ0v) is 11.8. The normalized spacial score (nSPS) is 8.00. The maximum absolute atomic E-state index is 9.65. The molecule has 90 valence electrons. The van der Waals surface area contributed by atoms with Crippen molar-refractivity contribution in [3.05, 3.63) is 0 Å². The first kappa shape index (κ1) is 21.1. The molecule has 0 aromatic carbocycles. The molecule has 15 heavy (non-hydrogen) atoms. The van der Waals surface area contributed by atoms with Gasteiger partial charge in [-0.05, 0) is 34.8 Å². The van der Waals surface area contributed by atoms with Gasteiger partial charge in [0.25, 0.3) is 5.24 Å². The first-order chi connectivity index (χ1) is 6.64. The summed E-state index contributed by atoms with van der Waals surface area (Å²) in [6.45, 7) is 1.29. The average molecular weight is 339 g/mol. The van der Waals surface area contributed by atoms with Gasteiger partial charge in [0.2, 0.25) is 10.5 Å². The van der Waals surface area contributed by atoms with E-state index in [9.17, 15) is 14.4 Å². The van der Waals surface area contributed by atoms with Crippen LogP contribution in [0.5, 0.6) is 0 Å². The van der Waals surface area contributed by atoms with Gasteiger partial charge in [0, 0.05) is 6.92 Å². The average Bonchev–Trinajstić information content (AvgIpc) is 2.04.